The Morgan fingerprint density at radius 1 is 1.44 bits per heavy atom. The van der Waals surface area contributed by atoms with Crippen molar-refractivity contribution in [3.8, 4) is 0 Å². The Kier molecular flexibility index (Phi) is 1.65. The Bertz CT molecular complexity index is 157. The molecule has 0 saturated heterocycles. The van der Waals surface area contributed by atoms with Crippen molar-refractivity contribution in [1.29, 1.82) is 0 Å². The summed E-state index contributed by atoms with van der Waals surface area (Å²) >= 11 is 0. The molecule has 0 aromatic heterocycles. The van der Waals surface area contributed by atoms with Crippen LogP contribution in [-0.2, 0) is 9.68 Å². The summed E-state index contributed by atoms with van der Waals surface area (Å²) in [5.41, 5.74) is 0. The van der Waals surface area contributed by atoms with E-state index in [1.165, 1.54) is 0 Å². The molecule has 3 nitrogen and oxygen atoms in total. The molecular weight excluding hydrogens is 120 g/mol. The highest BCUT2D eigenvalue weighted by atomic mass is 17.1. The van der Waals surface area contributed by atoms with Gasteiger partial charge in [-0.1, -0.05) is 24.3 Å². The maximum Gasteiger partial charge on any atom is 0.352 e. The lowest BCUT2D eigenvalue weighted by Gasteiger charge is -1.96. The highest BCUT2D eigenvalue weighted by Gasteiger charge is 2.14. The fraction of sp³-hybridized carbons (Fsp3) is 0.167. The van der Waals surface area contributed by atoms with Crippen molar-refractivity contribution in [1.82, 2.24) is 0 Å². The Labute approximate surface area is 52.2 Å². The van der Waals surface area contributed by atoms with Crippen molar-refractivity contribution in [2.45, 2.75) is 0 Å². The highest BCUT2D eigenvalue weighted by Crippen LogP contribution is 2.09. The van der Waals surface area contributed by atoms with Gasteiger partial charge in [0.2, 0.25) is 0 Å². The molecule has 3 heteroatoms. The summed E-state index contributed by atoms with van der Waals surface area (Å²) in [5, 5.41) is 7.88. The molecule has 0 amide bonds. The van der Waals surface area contributed by atoms with E-state index in [0.717, 1.165) is 0 Å². The second-order valence-corrected chi connectivity index (χ2v) is 1.71. The number of hydrogen-bond acceptors (Lipinski definition) is 3. The first-order valence-electron chi connectivity index (χ1n) is 2.55. The minimum atomic E-state index is -0.639. The van der Waals surface area contributed by atoms with Gasteiger partial charge in [-0.05, 0) is 0 Å². The minimum absolute atomic E-state index is 0.394. The number of hydrogen-bond donors (Lipinski definition) is 1. The van der Waals surface area contributed by atoms with E-state index in [1.54, 1.807) is 24.3 Å². The first kappa shape index (κ1) is 6.04. The van der Waals surface area contributed by atoms with Gasteiger partial charge in [-0.2, -0.15) is 5.26 Å². The molecule has 0 unspecified atom stereocenters. The molecule has 0 fully saturated rings. The monoisotopic (exact) mass is 126 g/mol. The third-order valence-corrected chi connectivity index (χ3v) is 1.11. The third kappa shape index (κ3) is 1.17. The van der Waals surface area contributed by atoms with Gasteiger partial charge in [0.1, 0.15) is 0 Å². The van der Waals surface area contributed by atoms with Gasteiger partial charge >= 0.3 is 5.97 Å². The van der Waals surface area contributed by atoms with Crippen LogP contribution >= 0.6 is 0 Å². The smallest absolute Gasteiger partial charge is 0.300 e. The average Bonchev–Trinajstić information content (AvgIpc) is 2.37. The number of carbonyl (C=O) groups excluding carboxylic acids is 1. The molecule has 0 spiro atoms. The van der Waals surface area contributed by atoms with E-state index in [9.17, 15) is 4.79 Å². The van der Waals surface area contributed by atoms with Crippen LogP contribution in [0.3, 0.4) is 0 Å². The Balaban J connectivity index is 2.53. The van der Waals surface area contributed by atoms with E-state index < -0.39 is 11.9 Å². The topological polar surface area (TPSA) is 46.5 Å². The zero-order chi connectivity index (χ0) is 6.69. The summed E-state index contributed by atoms with van der Waals surface area (Å²) in [6.07, 6.45) is 6.72. The van der Waals surface area contributed by atoms with Crippen molar-refractivity contribution < 1.29 is 14.9 Å². The van der Waals surface area contributed by atoms with E-state index in [0.29, 0.717) is 0 Å². The van der Waals surface area contributed by atoms with Crippen molar-refractivity contribution in [2.75, 3.05) is 0 Å². The van der Waals surface area contributed by atoms with Gasteiger partial charge in [0.15, 0.2) is 0 Å². The van der Waals surface area contributed by atoms with Crippen LogP contribution < -0.4 is 0 Å². The normalized spacial score (nSPS) is 16.6. The molecular formula is C6H6O3. The van der Waals surface area contributed by atoms with Gasteiger partial charge in [-0.3, -0.25) is 0 Å². The van der Waals surface area contributed by atoms with Crippen LogP contribution in [0, 0.1) is 5.92 Å². The van der Waals surface area contributed by atoms with Gasteiger partial charge in [-0.15, -0.1) is 0 Å². The van der Waals surface area contributed by atoms with E-state index in [1.807, 2.05) is 0 Å². The second kappa shape index (κ2) is 2.46. The van der Waals surface area contributed by atoms with Crippen LogP contribution in [0.2, 0.25) is 0 Å². The standard InChI is InChI=1S/C6H6O3/c7-6(9-8)5-3-1-2-4-5/h1-5,8H. The summed E-state index contributed by atoms with van der Waals surface area (Å²) in [6.45, 7) is 0. The molecule has 1 aliphatic rings. The first-order chi connectivity index (χ1) is 4.34. The molecule has 0 radical (unpaired) electrons. The predicted molar refractivity (Wildman–Crippen MR) is 30.5 cm³/mol. The summed E-state index contributed by atoms with van der Waals surface area (Å²) in [4.78, 5) is 13.9. The Hall–Kier alpha value is -1.09. The lowest BCUT2D eigenvalue weighted by atomic mass is 10.2. The number of allylic oxidation sites excluding steroid dienone is 2. The zero-order valence-corrected chi connectivity index (χ0v) is 4.65. The summed E-state index contributed by atoms with van der Waals surface area (Å²) < 4.78 is 0. The maximum absolute atomic E-state index is 10.4. The molecule has 1 rings (SSSR count). The molecule has 1 aliphatic carbocycles. The summed E-state index contributed by atoms with van der Waals surface area (Å²) in [7, 11) is 0. The van der Waals surface area contributed by atoms with Gasteiger partial charge in [-0.25, -0.2) is 4.79 Å². The lowest BCUT2D eigenvalue weighted by Crippen LogP contribution is -2.09. The van der Waals surface area contributed by atoms with Crippen molar-refractivity contribution in [3.05, 3.63) is 24.3 Å². The van der Waals surface area contributed by atoms with Crippen LogP contribution in [0.25, 0.3) is 0 Å². The molecule has 0 atom stereocenters. The first-order valence-corrected chi connectivity index (χ1v) is 2.55. The van der Waals surface area contributed by atoms with Gasteiger partial charge < -0.3 is 4.89 Å². The van der Waals surface area contributed by atoms with Crippen molar-refractivity contribution in [2.24, 2.45) is 5.92 Å². The fourth-order valence-electron chi connectivity index (χ4n) is 0.650. The van der Waals surface area contributed by atoms with Crippen molar-refractivity contribution in [3.63, 3.8) is 0 Å². The van der Waals surface area contributed by atoms with E-state index in [-0.39, 0.29) is 0 Å². The zero-order valence-electron chi connectivity index (χ0n) is 4.65. The molecule has 0 aromatic carbocycles. The summed E-state index contributed by atoms with van der Waals surface area (Å²) in [5.74, 6) is -1.03. The number of rotatable bonds is 1. The molecule has 1 N–H and O–H groups in total. The third-order valence-electron chi connectivity index (χ3n) is 1.11. The average molecular weight is 126 g/mol. The quantitative estimate of drug-likeness (QED) is 0.416. The Morgan fingerprint density at radius 3 is 2.44 bits per heavy atom. The van der Waals surface area contributed by atoms with E-state index >= 15 is 0 Å². The molecule has 9 heavy (non-hydrogen) atoms. The van der Waals surface area contributed by atoms with E-state index in [4.69, 9.17) is 5.26 Å². The van der Waals surface area contributed by atoms with Crippen LogP contribution in [0.4, 0.5) is 0 Å². The molecule has 48 valence electrons. The second-order valence-electron chi connectivity index (χ2n) is 1.71. The SMILES string of the molecule is O=C(OO)C1C=CC=C1. The van der Waals surface area contributed by atoms with Gasteiger partial charge in [0.05, 0.1) is 5.92 Å². The van der Waals surface area contributed by atoms with Crippen LogP contribution in [0.15, 0.2) is 24.3 Å². The molecule has 0 heterocycles. The minimum Gasteiger partial charge on any atom is -0.300 e. The molecule has 0 bridgehead atoms. The predicted octanol–water partition coefficient (Wildman–Crippen LogP) is 0.745. The molecule has 0 saturated carbocycles. The number of carbonyl (C=O) groups is 1. The lowest BCUT2D eigenvalue weighted by molar-refractivity contribution is -0.236. The Morgan fingerprint density at radius 2 is 2.00 bits per heavy atom. The van der Waals surface area contributed by atoms with Crippen molar-refractivity contribution >= 4 is 5.97 Å². The molecule has 0 aliphatic heterocycles. The van der Waals surface area contributed by atoms with Gasteiger partial charge in [0.25, 0.3) is 0 Å². The van der Waals surface area contributed by atoms with E-state index in [2.05, 4.69) is 4.89 Å². The molecule has 0 aromatic rings. The fourth-order valence-corrected chi connectivity index (χ4v) is 0.650. The van der Waals surface area contributed by atoms with Crippen LogP contribution in [0.5, 0.6) is 0 Å². The van der Waals surface area contributed by atoms with Gasteiger partial charge in [0, 0.05) is 0 Å². The maximum atomic E-state index is 10.4. The van der Waals surface area contributed by atoms with Crippen LogP contribution in [0.1, 0.15) is 0 Å². The summed E-state index contributed by atoms with van der Waals surface area (Å²) in [6, 6.07) is 0. The van der Waals surface area contributed by atoms with Crippen LogP contribution in [-0.4, -0.2) is 11.2 Å². The largest absolute Gasteiger partial charge is 0.352 e. The highest BCUT2D eigenvalue weighted by molar-refractivity contribution is 5.76.